The number of carbonyl (C=O) groups excluding carboxylic acids is 3. The Morgan fingerprint density at radius 2 is 1.57 bits per heavy atom. The highest BCUT2D eigenvalue weighted by atomic mass is 28.4. The van der Waals surface area contributed by atoms with Crippen molar-refractivity contribution >= 4 is 31.5 Å². The van der Waals surface area contributed by atoms with Crippen molar-refractivity contribution in [3.63, 3.8) is 0 Å². The number of halogens is 3. The van der Waals surface area contributed by atoms with E-state index < -0.39 is 72.2 Å². The summed E-state index contributed by atoms with van der Waals surface area (Å²) in [6, 6.07) is 18.2. The quantitative estimate of drug-likeness (QED) is 0.0766. The molecule has 1 heterocycles. The predicted octanol–water partition coefficient (Wildman–Crippen LogP) is 9.79. The Bertz CT molecular complexity index is 2560. The molecule has 1 unspecified atom stereocenters. The molecule has 4 aromatic rings. The van der Waals surface area contributed by atoms with Crippen molar-refractivity contribution in [1.29, 1.82) is 0 Å². The van der Waals surface area contributed by atoms with Crippen molar-refractivity contribution in [3.05, 3.63) is 137 Å². The molecule has 3 aliphatic rings. The molecule has 356 valence electrons. The van der Waals surface area contributed by atoms with Gasteiger partial charge in [-0.15, -0.1) is 26.3 Å². The number of hydrogen-bond acceptors (Lipinski definition) is 12. The molecular formula is C50H57F3N4O9Si. The van der Waals surface area contributed by atoms with Crippen LogP contribution >= 0.6 is 0 Å². The molecule has 0 spiro atoms. The third-order valence-electron chi connectivity index (χ3n) is 13.0. The Hall–Kier alpha value is -6.01. The summed E-state index contributed by atoms with van der Waals surface area (Å²) < 4.78 is 73.9. The summed E-state index contributed by atoms with van der Waals surface area (Å²) in [6.45, 7) is 17.9. The van der Waals surface area contributed by atoms with Crippen LogP contribution in [0.2, 0.25) is 18.1 Å². The van der Waals surface area contributed by atoms with E-state index in [-0.39, 0.29) is 91.0 Å². The number of carbonyl (C=O) groups is 3. The van der Waals surface area contributed by atoms with Crippen LogP contribution in [0.5, 0.6) is 17.4 Å². The van der Waals surface area contributed by atoms with Crippen LogP contribution in [0.4, 0.5) is 18.9 Å². The van der Waals surface area contributed by atoms with E-state index in [9.17, 15) is 23.1 Å². The normalized spacial score (nSPS) is 20.4. The Kier molecular flexibility index (Phi) is 13.8. The second-order valence-corrected chi connectivity index (χ2v) is 23.7. The first-order valence-electron chi connectivity index (χ1n) is 22.0. The van der Waals surface area contributed by atoms with Crippen LogP contribution in [0, 0.1) is 11.8 Å². The predicted molar refractivity (Wildman–Crippen MR) is 248 cm³/mol. The van der Waals surface area contributed by atoms with Gasteiger partial charge in [-0.05, 0) is 67.3 Å². The number of aromatic nitrogens is 1. The first kappa shape index (κ1) is 48.9. The van der Waals surface area contributed by atoms with E-state index in [0.717, 1.165) is 11.6 Å². The van der Waals surface area contributed by atoms with Gasteiger partial charge in [-0.1, -0.05) is 93.6 Å². The van der Waals surface area contributed by atoms with Gasteiger partial charge < -0.3 is 38.5 Å². The number of fused-ring (bicyclic) bond motifs is 4. The number of amides is 1. The zero-order valence-corrected chi connectivity index (χ0v) is 39.8. The number of hydrogen-bond donors (Lipinski definition) is 2. The SMILES string of the molecule is C=CCN(CC=C)[C@@H]1c2onc(OCc3ccccc3)c2C(=O)C2(O[Si](C)(C)C(C)(C)C)C(O)=C3C(=O)c4c(c(OC(F)(F)F)cc(NC(=O)CN(C)C)c4OCc4ccccc4)C[C@H]3C[C@@H]12. The molecule has 0 saturated carbocycles. The molecular weight excluding hydrogens is 886 g/mol. The number of allylic oxidation sites excluding steroid dienone is 1. The van der Waals surface area contributed by atoms with Gasteiger partial charge in [-0.25, -0.2) is 0 Å². The number of aliphatic hydroxyl groups excluding tert-OH is 1. The van der Waals surface area contributed by atoms with Gasteiger partial charge in [0.1, 0.15) is 30.3 Å². The molecule has 2 N–H and O–H groups in total. The van der Waals surface area contributed by atoms with Crippen molar-refractivity contribution in [2.24, 2.45) is 11.8 Å². The first-order valence-corrected chi connectivity index (χ1v) is 24.9. The zero-order valence-electron chi connectivity index (χ0n) is 38.8. The minimum atomic E-state index is -5.22. The maximum absolute atomic E-state index is 15.9. The van der Waals surface area contributed by atoms with Gasteiger partial charge >= 0.3 is 6.36 Å². The van der Waals surface area contributed by atoms with Gasteiger partial charge in [-0.2, -0.15) is 0 Å². The molecule has 0 fully saturated rings. The summed E-state index contributed by atoms with van der Waals surface area (Å²) >= 11 is 0. The van der Waals surface area contributed by atoms with Crippen LogP contribution in [-0.2, 0) is 28.9 Å². The number of likely N-dealkylation sites (N-methyl/N-ethyl adjacent to an activating group) is 1. The van der Waals surface area contributed by atoms with E-state index in [4.69, 9.17) is 18.4 Å². The molecule has 67 heavy (non-hydrogen) atoms. The Labute approximate surface area is 389 Å². The van der Waals surface area contributed by atoms with Gasteiger partial charge in [0.05, 0.1) is 23.8 Å². The Morgan fingerprint density at radius 1 is 0.970 bits per heavy atom. The summed E-state index contributed by atoms with van der Waals surface area (Å²) in [6.07, 6.45) is -2.23. The van der Waals surface area contributed by atoms with Crippen LogP contribution in [0.15, 0.2) is 108 Å². The van der Waals surface area contributed by atoms with Gasteiger partial charge in [0.2, 0.25) is 11.7 Å². The lowest BCUT2D eigenvalue weighted by atomic mass is 9.58. The summed E-state index contributed by atoms with van der Waals surface area (Å²) in [5, 5.41) is 19.7. The van der Waals surface area contributed by atoms with E-state index in [0.29, 0.717) is 5.56 Å². The fraction of sp³-hybridized carbons (Fsp3) is 0.400. The number of Topliss-reactive ketones (excluding diaryl/α,β-unsaturated/α-hetero) is 2. The number of ether oxygens (including phenoxy) is 3. The highest BCUT2D eigenvalue weighted by Crippen LogP contribution is 2.61. The number of nitrogens with zero attached hydrogens (tertiary/aromatic N) is 3. The van der Waals surface area contributed by atoms with Crippen molar-refractivity contribution in [2.75, 3.05) is 39.0 Å². The molecule has 0 bridgehead atoms. The van der Waals surface area contributed by atoms with Gasteiger partial charge in [-0.3, -0.25) is 19.3 Å². The van der Waals surface area contributed by atoms with Crippen LogP contribution < -0.4 is 19.5 Å². The Balaban J connectivity index is 1.50. The standard InChI is InChI=1S/C50H57F3N4O9Si/c1-10-22-57(23-11-2)41-34-25-32-24-33-36(64-50(51,52)53)26-35(54-37(58)27-56(6)7)43(62-28-30-18-14-12-15-19-30)39(33)42(59)38(32)45(60)49(34,66-67(8,9)48(3,4)5)46(61)40-44(41)65-55-47(40)63-29-31-20-16-13-17-21-31/h10-21,26,32,34,41,60H,1-2,22-25,27-29H2,3-9H3,(H,54,58)/t32-,34-,41-,49?/m0/s1. The van der Waals surface area contributed by atoms with Crippen molar-refractivity contribution in [2.45, 2.75) is 83.0 Å². The molecule has 0 radical (unpaired) electrons. The van der Waals surface area contributed by atoms with E-state index in [1.54, 1.807) is 61.5 Å². The molecule has 4 atom stereocenters. The van der Waals surface area contributed by atoms with Crippen molar-refractivity contribution in [1.82, 2.24) is 15.0 Å². The second kappa shape index (κ2) is 18.9. The number of nitrogens with one attached hydrogen (secondary N) is 1. The van der Waals surface area contributed by atoms with Crippen LogP contribution in [0.1, 0.15) is 76.4 Å². The Morgan fingerprint density at radius 3 is 2.12 bits per heavy atom. The lowest BCUT2D eigenvalue weighted by Crippen LogP contribution is -2.65. The number of benzene rings is 3. The molecule has 13 nitrogen and oxygen atoms in total. The van der Waals surface area contributed by atoms with Gasteiger partial charge in [0.15, 0.2) is 31.2 Å². The summed E-state index contributed by atoms with van der Waals surface area (Å²) in [7, 11) is 0.108. The van der Waals surface area contributed by atoms with Crippen molar-refractivity contribution in [3.8, 4) is 17.4 Å². The maximum atomic E-state index is 15.9. The molecule has 7 rings (SSSR count). The fourth-order valence-electron chi connectivity index (χ4n) is 9.10. The number of aliphatic hydroxyl groups is 1. The third kappa shape index (κ3) is 9.60. The average molecular weight is 943 g/mol. The van der Waals surface area contributed by atoms with Gasteiger partial charge in [0, 0.05) is 36.2 Å². The lowest BCUT2D eigenvalue weighted by Gasteiger charge is -2.55. The van der Waals surface area contributed by atoms with E-state index in [1.807, 2.05) is 69.1 Å². The number of rotatable bonds is 17. The summed E-state index contributed by atoms with van der Waals surface area (Å²) in [5.74, 6) is -5.97. The highest BCUT2D eigenvalue weighted by molar-refractivity contribution is 6.74. The minimum Gasteiger partial charge on any atom is -0.508 e. The highest BCUT2D eigenvalue weighted by Gasteiger charge is 2.68. The third-order valence-corrected chi connectivity index (χ3v) is 17.4. The van der Waals surface area contributed by atoms with E-state index in [1.165, 1.54) is 0 Å². The summed E-state index contributed by atoms with van der Waals surface area (Å²) in [4.78, 5) is 48.4. The maximum Gasteiger partial charge on any atom is 0.573 e. The van der Waals surface area contributed by atoms with E-state index in [2.05, 4.69) is 28.4 Å². The van der Waals surface area contributed by atoms with Crippen LogP contribution in [0.3, 0.4) is 0 Å². The number of anilines is 1. The molecule has 3 aromatic carbocycles. The van der Waals surface area contributed by atoms with Crippen LogP contribution in [-0.4, -0.2) is 91.5 Å². The molecule has 0 aliphatic heterocycles. The molecule has 1 aromatic heterocycles. The second-order valence-electron chi connectivity index (χ2n) is 19.0. The fourth-order valence-corrected chi connectivity index (χ4v) is 10.6. The topological polar surface area (TPSA) is 153 Å². The molecule has 1 amide bonds. The largest absolute Gasteiger partial charge is 0.573 e. The van der Waals surface area contributed by atoms with Gasteiger partial charge in [0.25, 0.3) is 5.88 Å². The van der Waals surface area contributed by atoms with Crippen molar-refractivity contribution < 1.29 is 55.8 Å². The molecule has 17 heteroatoms. The minimum absolute atomic E-state index is 0.00618. The monoisotopic (exact) mass is 942 g/mol. The summed E-state index contributed by atoms with van der Waals surface area (Å²) in [5.41, 5.74) is -1.95. The number of ketones is 2. The molecule has 0 saturated heterocycles. The van der Waals surface area contributed by atoms with E-state index >= 15 is 9.59 Å². The number of alkyl halides is 3. The average Bonchev–Trinajstić information content (AvgIpc) is 3.67. The molecule has 3 aliphatic carbocycles. The lowest BCUT2D eigenvalue weighted by molar-refractivity contribution is -0.275. The zero-order chi connectivity index (χ0) is 48.6. The smallest absolute Gasteiger partial charge is 0.508 e. The first-order chi connectivity index (χ1) is 31.6. The van der Waals surface area contributed by atoms with Crippen LogP contribution in [0.25, 0.3) is 0 Å².